The number of hydrogen-bond donors (Lipinski definition) is 3. The van der Waals surface area contributed by atoms with Gasteiger partial charge >= 0.3 is 0 Å². The second kappa shape index (κ2) is 8.59. The van der Waals surface area contributed by atoms with Crippen molar-refractivity contribution >= 4 is 5.91 Å². The summed E-state index contributed by atoms with van der Waals surface area (Å²) in [7, 11) is 3.09. The van der Waals surface area contributed by atoms with Crippen LogP contribution in [0.3, 0.4) is 0 Å². The Morgan fingerprint density at radius 2 is 1.94 bits per heavy atom. The summed E-state index contributed by atoms with van der Waals surface area (Å²) in [6.07, 6.45) is 1.36. The van der Waals surface area contributed by atoms with Gasteiger partial charge in [-0.2, -0.15) is 0 Å². The van der Waals surface area contributed by atoms with Crippen molar-refractivity contribution in [3.05, 3.63) is 74.7 Å². The summed E-state index contributed by atoms with van der Waals surface area (Å²) < 4.78 is 16.3. The first-order valence-corrected chi connectivity index (χ1v) is 10.0. The van der Waals surface area contributed by atoms with Crippen LogP contribution in [0.4, 0.5) is 0 Å². The van der Waals surface area contributed by atoms with E-state index in [4.69, 9.17) is 19.9 Å². The average Bonchev–Trinajstić information content (AvgIpc) is 3.37. The highest BCUT2D eigenvalue weighted by Gasteiger charge is 2.26. The Kier molecular flexibility index (Phi) is 5.70. The second-order valence-corrected chi connectivity index (χ2v) is 7.53. The Labute approximate surface area is 179 Å². The third kappa shape index (κ3) is 4.14. The summed E-state index contributed by atoms with van der Waals surface area (Å²) in [6, 6.07) is 11.4. The van der Waals surface area contributed by atoms with Gasteiger partial charge in [-0.15, -0.1) is 0 Å². The Morgan fingerprint density at radius 3 is 2.68 bits per heavy atom. The minimum atomic E-state index is -0.528. The van der Waals surface area contributed by atoms with E-state index >= 15 is 0 Å². The second-order valence-electron chi connectivity index (χ2n) is 7.53. The number of aromatic amines is 2. The Morgan fingerprint density at radius 1 is 1.13 bits per heavy atom. The molecular formula is C23H25N3O5. The van der Waals surface area contributed by atoms with Crippen LogP contribution in [0.15, 0.2) is 41.2 Å². The smallest absolute Gasteiger partial charge is 0.267 e. The van der Waals surface area contributed by atoms with Crippen molar-refractivity contribution in [2.75, 3.05) is 20.8 Å². The van der Waals surface area contributed by atoms with Crippen molar-refractivity contribution in [2.45, 2.75) is 25.2 Å². The van der Waals surface area contributed by atoms with Gasteiger partial charge in [0.25, 0.3) is 5.56 Å². The minimum Gasteiger partial charge on any atom is -0.493 e. The standard InChI is InChI=1S/C23H25N3O5/c1-29-19-6-4-14(11-20(19)30-2)16(12-21(24)27)22-17(25-26-23(22)28)10-13-3-5-18-15(9-13)7-8-31-18/h3-6,9,11,16H,7-8,10,12H2,1-2H3,(H2,24,27)(H2,25,26,28)/t16-/m0/s1. The number of benzene rings is 2. The van der Waals surface area contributed by atoms with Crippen LogP contribution >= 0.6 is 0 Å². The van der Waals surface area contributed by atoms with Crippen molar-refractivity contribution < 1.29 is 19.0 Å². The number of hydrogen-bond acceptors (Lipinski definition) is 5. The molecule has 0 spiro atoms. The lowest BCUT2D eigenvalue weighted by atomic mass is 9.86. The molecule has 1 atom stereocenters. The molecule has 2 heterocycles. The largest absolute Gasteiger partial charge is 0.493 e. The predicted octanol–water partition coefficient (Wildman–Crippen LogP) is 2.25. The van der Waals surface area contributed by atoms with E-state index in [1.54, 1.807) is 19.2 Å². The Bertz CT molecular complexity index is 1160. The van der Waals surface area contributed by atoms with Gasteiger partial charge in [-0.3, -0.25) is 14.7 Å². The summed E-state index contributed by atoms with van der Waals surface area (Å²) >= 11 is 0. The van der Waals surface area contributed by atoms with E-state index in [2.05, 4.69) is 16.3 Å². The fourth-order valence-corrected chi connectivity index (χ4v) is 4.12. The zero-order chi connectivity index (χ0) is 22.0. The molecule has 162 valence electrons. The molecule has 0 bridgehead atoms. The van der Waals surface area contributed by atoms with E-state index in [0.717, 1.165) is 28.9 Å². The number of fused-ring (bicyclic) bond motifs is 1. The summed E-state index contributed by atoms with van der Waals surface area (Å²) in [5.41, 5.74) is 9.42. The van der Waals surface area contributed by atoms with Crippen LogP contribution in [0, 0.1) is 0 Å². The molecule has 1 amide bonds. The van der Waals surface area contributed by atoms with Crippen LogP contribution in [0.5, 0.6) is 17.2 Å². The van der Waals surface area contributed by atoms with Crippen molar-refractivity contribution in [3.63, 3.8) is 0 Å². The molecule has 8 heteroatoms. The maximum atomic E-state index is 12.8. The maximum absolute atomic E-state index is 12.8. The van der Waals surface area contributed by atoms with E-state index in [1.165, 1.54) is 7.11 Å². The van der Waals surface area contributed by atoms with Gasteiger partial charge in [0.05, 0.1) is 20.8 Å². The fourth-order valence-electron chi connectivity index (χ4n) is 4.12. The highest BCUT2D eigenvalue weighted by atomic mass is 16.5. The van der Waals surface area contributed by atoms with Crippen LogP contribution in [-0.4, -0.2) is 36.9 Å². The number of aromatic nitrogens is 2. The normalized spacial score (nSPS) is 13.4. The van der Waals surface area contributed by atoms with E-state index in [1.807, 2.05) is 18.2 Å². The summed E-state index contributed by atoms with van der Waals surface area (Å²) in [5, 5.41) is 5.66. The maximum Gasteiger partial charge on any atom is 0.267 e. The van der Waals surface area contributed by atoms with Gasteiger partial charge < -0.3 is 25.0 Å². The molecule has 0 fully saturated rings. The van der Waals surface area contributed by atoms with E-state index in [-0.39, 0.29) is 12.0 Å². The quantitative estimate of drug-likeness (QED) is 0.513. The average molecular weight is 423 g/mol. The monoisotopic (exact) mass is 423 g/mol. The van der Waals surface area contributed by atoms with Gasteiger partial charge in [-0.05, 0) is 34.9 Å². The molecule has 0 radical (unpaired) electrons. The number of H-pyrrole nitrogens is 2. The first kappa shape index (κ1) is 20.6. The lowest BCUT2D eigenvalue weighted by molar-refractivity contribution is -0.118. The number of carbonyl (C=O) groups excluding carboxylic acids is 1. The van der Waals surface area contributed by atoms with Gasteiger partial charge in [0.2, 0.25) is 5.91 Å². The Hall–Kier alpha value is -3.68. The zero-order valence-electron chi connectivity index (χ0n) is 17.5. The topological polar surface area (TPSA) is 119 Å². The van der Waals surface area contributed by atoms with E-state index in [9.17, 15) is 9.59 Å². The Balaban J connectivity index is 1.74. The third-order valence-corrected chi connectivity index (χ3v) is 5.60. The predicted molar refractivity (Wildman–Crippen MR) is 115 cm³/mol. The van der Waals surface area contributed by atoms with Gasteiger partial charge in [-0.25, -0.2) is 0 Å². The van der Waals surface area contributed by atoms with Crippen LogP contribution < -0.4 is 25.5 Å². The number of primary amides is 1. The molecule has 1 aliphatic heterocycles. The highest BCUT2D eigenvalue weighted by Crippen LogP contribution is 2.35. The first-order valence-electron chi connectivity index (χ1n) is 10.0. The van der Waals surface area contributed by atoms with Gasteiger partial charge in [0.15, 0.2) is 11.5 Å². The lowest BCUT2D eigenvalue weighted by Gasteiger charge is -2.18. The molecule has 0 aliphatic carbocycles. The summed E-state index contributed by atoms with van der Waals surface area (Å²) in [5.74, 6) is 0.957. The van der Waals surface area contributed by atoms with Gasteiger partial charge in [0, 0.05) is 36.4 Å². The number of methoxy groups -OCH3 is 2. The van der Waals surface area contributed by atoms with Gasteiger partial charge in [-0.1, -0.05) is 18.2 Å². The van der Waals surface area contributed by atoms with Gasteiger partial charge in [0.1, 0.15) is 5.75 Å². The molecule has 4 N–H and O–H groups in total. The molecule has 0 unspecified atom stereocenters. The number of nitrogens with one attached hydrogen (secondary N) is 2. The third-order valence-electron chi connectivity index (χ3n) is 5.60. The number of ether oxygens (including phenoxy) is 3. The van der Waals surface area contributed by atoms with Crippen LogP contribution in [0.2, 0.25) is 0 Å². The summed E-state index contributed by atoms with van der Waals surface area (Å²) in [6.45, 7) is 0.686. The molecular weight excluding hydrogens is 398 g/mol. The molecule has 1 aromatic heterocycles. The molecule has 1 aliphatic rings. The highest BCUT2D eigenvalue weighted by molar-refractivity contribution is 5.75. The van der Waals surface area contributed by atoms with Crippen molar-refractivity contribution in [1.29, 1.82) is 0 Å². The fraction of sp³-hybridized carbons (Fsp3) is 0.304. The van der Waals surface area contributed by atoms with Crippen LogP contribution in [0.25, 0.3) is 0 Å². The molecule has 31 heavy (non-hydrogen) atoms. The van der Waals surface area contributed by atoms with Crippen molar-refractivity contribution in [1.82, 2.24) is 10.2 Å². The van der Waals surface area contributed by atoms with E-state index < -0.39 is 11.8 Å². The molecule has 8 nitrogen and oxygen atoms in total. The van der Waals surface area contributed by atoms with Crippen molar-refractivity contribution in [2.24, 2.45) is 5.73 Å². The SMILES string of the molecule is COc1ccc([C@H](CC(N)=O)c2c(Cc3ccc4c(c3)CCO4)[nH][nH]c2=O)cc1OC. The molecule has 0 saturated carbocycles. The zero-order valence-corrected chi connectivity index (χ0v) is 17.5. The first-order chi connectivity index (χ1) is 15.0. The number of carbonyl (C=O) groups is 1. The number of amides is 1. The lowest BCUT2D eigenvalue weighted by Crippen LogP contribution is -2.21. The number of rotatable bonds is 8. The summed E-state index contributed by atoms with van der Waals surface area (Å²) in [4.78, 5) is 24.7. The van der Waals surface area contributed by atoms with Crippen LogP contribution in [0.1, 0.15) is 40.3 Å². The number of nitrogens with two attached hydrogens (primary N) is 1. The molecule has 0 saturated heterocycles. The van der Waals surface area contributed by atoms with E-state index in [0.29, 0.717) is 35.8 Å². The minimum absolute atomic E-state index is 0.0125. The van der Waals surface area contributed by atoms with Crippen molar-refractivity contribution in [3.8, 4) is 17.2 Å². The van der Waals surface area contributed by atoms with Crippen LogP contribution in [-0.2, 0) is 17.6 Å². The molecule has 3 aromatic rings. The molecule has 2 aromatic carbocycles. The molecule has 4 rings (SSSR count).